The van der Waals surface area contributed by atoms with Crippen LogP contribution in [0.15, 0.2) is 35.9 Å². The fourth-order valence-electron chi connectivity index (χ4n) is 10.8. The Kier molecular flexibility index (Phi) is 8.45. The van der Waals surface area contributed by atoms with Crippen molar-refractivity contribution in [3.63, 3.8) is 0 Å². The molecule has 1 aliphatic heterocycles. The number of ether oxygens (including phenoxy) is 3. The van der Waals surface area contributed by atoms with Crippen LogP contribution in [0.2, 0.25) is 0 Å². The molecule has 5 aliphatic rings. The van der Waals surface area contributed by atoms with Gasteiger partial charge < -0.3 is 24.1 Å². The number of benzene rings is 1. The predicted molar refractivity (Wildman–Crippen MR) is 174 cm³/mol. The van der Waals surface area contributed by atoms with E-state index in [-0.39, 0.29) is 42.0 Å². The molecule has 45 heavy (non-hydrogen) atoms. The van der Waals surface area contributed by atoms with Gasteiger partial charge in [-0.05, 0) is 72.3 Å². The second-order valence-electron chi connectivity index (χ2n) is 16.5. The van der Waals surface area contributed by atoms with Crippen molar-refractivity contribution in [2.45, 2.75) is 105 Å². The Morgan fingerprint density at radius 1 is 1.13 bits per heavy atom. The molecule has 1 saturated heterocycles. The molecular formula is C38H55NO6. The molecule has 248 valence electrons. The number of aliphatic carboxylic acids is 1. The van der Waals surface area contributed by atoms with E-state index >= 15 is 0 Å². The summed E-state index contributed by atoms with van der Waals surface area (Å²) >= 11 is 0. The minimum absolute atomic E-state index is 0.00126. The summed E-state index contributed by atoms with van der Waals surface area (Å²) < 4.78 is 19.3. The summed E-state index contributed by atoms with van der Waals surface area (Å²) in [5, 5.41) is 11.3. The summed E-state index contributed by atoms with van der Waals surface area (Å²) in [7, 11) is 1.73. The van der Waals surface area contributed by atoms with E-state index in [0.29, 0.717) is 31.3 Å². The quantitative estimate of drug-likeness (QED) is 0.249. The number of hydrogen-bond donors (Lipinski definition) is 1. The largest absolute Gasteiger partial charge is 0.481 e. The number of aldehydes is 1. The smallest absolute Gasteiger partial charge is 0.315 e. The Hall–Kier alpha value is -2.06. The first-order chi connectivity index (χ1) is 21.2. The fourth-order valence-corrected chi connectivity index (χ4v) is 10.8. The SMILES string of the molecule is CO[C@H]1CN(Cc2ccc(C(C)(C)C)cc2)C[C@H](OCC23C[C@@H]4[C@H](C)CC[C@H]4[C@@]4(C=O)CC2C=C(C(C)C)[C@@]34C(=O)O)O[C@@H]1C. The van der Waals surface area contributed by atoms with Gasteiger partial charge in [0, 0.05) is 32.2 Å². The van der Waals surface area contributed by atoms with Crippen molar-refractivity contribution in [2.24, 2.45) is 45.8 Å². The van der Waals surface area contributed by atoms with Crippen molar-refractivity contribution in [1.82, 2.24) is 4.90 Å². The molecule has 1 heterocycles. The van der Waals surface area contributed by atoms with Crippen molar-refractivity contribution in [3.05, 3.63) is 47.0 Å². The molecule has 7 heteroatoms. The van der Waals surface area contributed by atoms with E-state index in [9.17, 15) is 14.7 Å². The molecule has 0 aromatic heterocycles. The van der Waals surface area contributed by atoms with Crippen LogP contribution in [0.5, 0.6) is 0 Å². The molecule has 10 atom stereocenters. The van der Waals surface area contributed by atoms with Crippen LogP contribution in [0.4, 0.5) is 0 Å². The highest BCUT2D eigenvalue weighted by Gasteiger charge is 2.84. The van der Waals surface area contributed by atoms with Crippen LogP contribution < -0.4 is 0 Å². The number of allylic oxidation sites excluding steroid dienone is 1. The summed E-state index contributed by atoms with van der Waals surface area (Å²) in [5.41, 5.74) is 0.753. The third-order valence-corrected chi connectivity index (χ3v) is 12.9. The standard InChI is InChI=1S/C38H55NO6/c1-23(2)31-15-28-16-36(21-40)30-14-9-24(3)29(30)17-37(28,38(31,36)34(41)42)22-44-33-20-39(19-32(43-8)25(4)45-33)18-26-10-12-27(13-11-26)35(5,6)7/h10-13,15,21,23-25,28-30,32-33H,9,14,16-20,22H2,1-8H3,(H,41,42)/t24-,25-,28?,29-,30-,32+,33-,36+,37?,38+/m1/s1. The van der Waals surface area contributed by atoms with Crippen LogP contribution in [-0.4, -0.2) is 67.6 Å². The van der Waals surface area contributed by atoms with Crippen LogP contribution in [0.1, 0.15) is 85.3 Å². The molecule has 1 N–H and O–H groups in total. The lowest BCUT2D eigenvalue weighted by molar-refractivity contribution is -0.220. The second-order valence-corrected chi connectivity index (χ2v) is 16.5. The van der Waals surface area contributed by atoms with Crippen LogP contribution in [0, 0.1) is 45.8 Å². The minimum Gasteiger partial charge on any atom is -0.481 e. The van der Waals surface area contributed by atoms with Gasteiger partial charge in [-0.1, -0.05) is 83.9 Å². The van der Waals surface area contributed by atoms with Crippen molar-refractivity contribution in [2.75, 3.05) is 26.8 Å². The van der Waals surface area contributed by atoms with Crippen LogP contribution in [0.25, 0.3) is 0 Å². The normalized spacial score (nSPS) is 41.2. The van der Waals surface area contributed by atoms with Gasteiger partial charge in [0.15, 0.2) is 6.29 Å². The monoisotopic (exact) mass is 621 g/mol. The molecule has 7 nitrogen and oxygen atoms in total. The highest BCUT2D eigenvalue weighted by molar-refractivity contribution is 5.90. The van der Waals surface area contributed by atoms with E-state index < -0.39 is 28.5 Å². The van der Waals surface area contributed by atoms with E-state index in [1.165, 1.54) is 11.1 Å². The molecule has 1 aromatic carbocycles. The summed E-state index contributed by atoms with van der Waals surface area (Å²) in [6, 6.07) is 8.85. The molecule has 2 unspecified atom stereocenters. The number of carbonyl (C=O) groups is 2. The molecule has 0 amide bonds. The first-order valence-corrected chi connectivity index (χ1v) is 17.3. The zero-order valence-electron chi connectivity index (χ0n) is 28.7. The molecule has 0 spiro atoms. The first kappa shape index (κ1) is 32.9. The van der Waals surface area contributed by atoms with Gasteiger partial charge >= 0.3 is 5.97 Å². The van der Waals surface area contributed by atoms with Gasteiger partial charge in [-0.3, -0.25) is 9.69 Å². The van der Waals surface area contributed by atoms with E-state index in [4.69, 9.17) is 14.2 Å². The number of nitrogens with zero attached hydrogens (tertiary/aromatic N) is 1. The number of methoxy groups -OCH3 is 1. The maximum absolute atomic E-state index is 13.8. The van der Waals surface area contributed by atoms with Crippen molar-refractivity contribution in [3.8, 4) is 0 Å². The third-order valence-electron chi connectivity index (χ3n) is 12.9. The average Bonchev–Trinajstić information content (AvgIpc) is 3.50. The lowest BCUT2D eigenvalue weighted by Gasteiger charge is -2.58. The summed E-state index contributed by atoms with van der Waals surface area (Å²) in [6.07, 6.45) is 5.85. The Morgan fingerprint density at radius 3 is 2.44 bits per heavy atom. The van der Waals surface area contributed by atoms with Crippen molar-refractivity contribution >= 4 is 12.3 Å². The number of carboxylic acid groups (broad SMARTS) is 1. The van der Waals surface area contributed by atoms with E-state index in [1.54, 1.807) is 7.11 Å². The third kappa shape index (κ3) is 4.81. The highest BCUT2D eigenvalue weighted by atomic mass is 16.7. The van der Waals surface area contributed by atoms with E-state index in [2.05, 4.69) is 76.8 Å². The maximum atomic E-state index is 13.8. The summed E-state index contributed by atoms with van der Waals surface area (Å²) in [4.78, 5) is 29.5. The average molecular weight is 622 g/mol. The highest BCUT2D eigenvalue weighted by Crippen LogP contribution is 2.82. The number of rotatable bonds is 9. The predicted octanol–water partition coefficient (Wildman–Crippen LogP) is 6.49. The van der Waals surface area contributed by atoms with Crippen LogP contribution >= 0.6 is 0 Å². The van der Waals surface area contributed by atoms with Gasteiger partial charge in [-0.25, -0.2) is 0 Å². The molecule has 4 bridgehead atoms. The summed E-state index contributed by atoms with van der Waals surface area (Å²) in [5.74, 6) is 0.107. The number of carbonyl (C=O) groups excluding carboxylic acids is 1. The van der Waals surface area contributed by atoms with Crippen LogP contribution in [0.3, 0.4) is 0 Å². The zero-order chi connectivity index (χ0) is 32.5. The number of carboxylic acids is 1. The molecule has 1 aromatic rings. The van der Waals surface area contributed by atoms with Gasteiger partial charge in [-0.2, -0.15) is 0 Å². The van der Waals surface area contributed by atoms with Gasteiger partial charge in [0.2, 0.25) is 0 Å². The first-order valence-electron chi connectivity index (χ1n) is 17.3. The summed E-state index contributed by atoms with van der Waals surface area (Å²) in [6.45, 7) is 17.4. The molecule has 3 saturated carbocycles. The Morgan fingerprint density at radius 2 is 1.84 bits per heavy atom. The van der Waals surface area contributed by atoms with Gasteiger partial charge in [0.25, 0.3) is 0 Å². The molecular weight excluding hydrogens is 566 g/mol. The Bertz CT molecular complexity index is 1320. The number of hydrogen-bond acceptors (Lipinski definition) is 6. The van der Waals surface area contributed by atoms with Crippen molar-refractivity contribution < 1.29 is 28.9 Å². The zero-order valence-corrected chi connectivity index (χ0v) is 28.7. The molecule has 6 rings (SSSR count). The van der Waals surface area contributed by atoms with Gasteiger partial charge in [-0.15, -0.1) is 0 Å². The minimum atomic E-state index is -1.24. The lowest BCUT2D eigenvalue weighted by Crippen LogP contribution is -2.63. The van der Waals surface area contributed by atoms with E-state index in [0.717, 1.165) is 37.7 Å². The molecule has 0 radical (unpaired) electrons. The van der Waals surface area contributed by atoms with Crippen LogP contribution in [-0.2, 0) is 35.8 Å². The van der Waals surface area contributed by atoms with Crippen molar-refractivity contribution in [1.29, 1.82) is 0 Å². The lowest BCUT2D eigenvalue weighted by atomic mass is 9.43. The topological polar surface area (TPSA) is 85.3 Å². The Balaban J connectivity index is 1.30. The Labute approximate surface area is 270 Å². The fraction of sp³-hybridized carbons (Fsp3) is 0.737. The second kappa shape index (κ2) is 11.6. The number of fused-ring (bicyclic) bond motifs is 2. The molecule has 4 aliphatic carbocycles. The van der Waals surface area contributed by atoms with Gasteiger partial charge in [0.1, 0.15) is 11.7 Å². The van der Waals surface area contributed by atoms with E-state index in [1.807, 2.05) is 6.92 Å². The molecule has 4 fully saturated rings. The van der Waals surface area contributed by atoms with Gasteiger partial charge in [0.05, 0.1) is 24.2 Å². The maximum Gasteiger partial charge on any atom is 0.315 e.